The predicted octanol–water partition coefficient (Wildman–Crippen LogP) is 5.50. The number of unbranched alkanes of at least 4 members (excludes halogenated alkanes) is 1. The molecule has 0 unspecified atom stereocenters. The average molecular weight is 458 g/mol. The summed E-state index contributed by atoms with van der Waals surface area (Å²) in [5, 5.41) is 1.60. The molecule has 0 N–H and O–H groups in total. The van der Waals surface area contributed by atoms with Crippen molar-refractivity contribution in [3.63, 3.8) is 0 Å². The Hall–Kier alpha value is -1.83. The van der Waals surface area contributed by atoms with Gasteiger partial charge in [-0.1, -0.05) is 25.1 Å². The second-order valence-corrected chi connectivity index (χ2v) is 10.3. The molecule has 0 spiro atoms. The maximum atomic E-state index is 13.8. The molecular formula is C24H31N3O2S2. The molecule has 166 valence electrons. The van der Waals surface area contributed by atoms with Gasteiger partial charge in [0.1, 0.15) is 10.6 Å². The number of thioether (sulfide) groups is 1. The molecule has 0 aliphatic carbocycles. The number of hydrogen-bond acceptors (Lipinski definition) is 6. The Bertz CT molecular complexity index is 1100. The summed E-state index contributed by atoms with van der Waals surface area (Å²) in [6.45, 7) is 11.2. The van der Waals surface area contributed by atoms with Crippen LogP contribution in [0.1, 0.15) is 51.0 Å². The molecule has 3 aromatic rings. The van der Waals surface area contributed by atoms with Crippen LogP contribution in [0.4, 0.5) is 0 Å². The van der Waals surface area contributed by atoms with Crippen molar-refractivity contribution in [3.8, 4) is 11.4 Å². The van der Waals surface area contributed by atoms with Gasteiger partial charge in [-0.25, -0.2) is 4.98 Å². The molecule has 0 radical (unpaired) electrons. The summed E-state index contributed by atoms with van der Waals surface area (Å²) in [5.74, 6) is 1.77. The van der Waals surface area contributed by atoms with E-state index in [0.29, 0.717) is 12.6 Å². The van der Waals surface area contributed by atoms with Crippen LogP contribution in [-0.4, -0.2) is 39.4 Å². The molecule has 1 aliphatic rings. The first kappa shape index (κ1) is 22.4. The van der Waals surface area contributed by atoms with Crippen molar-refractivity contribution in [2.75, 3.05) is 18.9 Å². The van der Waals surface area contributed by atoms with Crippen LogP contribution < -0.4 is 10.3 Å². The first-order chi connectivity index (χ1) is 15.0. The summed E-state index contributed by atoms with van der Waals surface area (Å²) < 4.78 is 7.39. The van der Waals surface area contributed by atoms with Crippen molar-refractivity contribution in [1.82, 2.24) is 14.5 Å². The van der Waals surface area contributed by atoms with E-state index in [9.17, 15) is 4.79 Å². The summed E-state index contributed by atoms with van der Waals surface area (Å²) in [5.41, 5.74) is 2.12. The van der Waals surface area contributed by atoms with Gasteiger partial charge in [-0.15, -0.1) is 11.3 Å². The van der Waals surface area contributed by atoms with Crippen LogP contribution >= 0.6 is 23.1 Å². The number of hydrogen-bond donors (Lipinski definition) is 0. The zero-order valence-corrected chi connectivity index (χ0v) is 20.4. The first-order valence-corrected chi connectivity index (χ1v) is 13.0. The van der Waals surface area contributed by atoms with Gasteiger partial charge in [0.25, 0.3) is 5.56 Å². The maximum Gasteiger partial charge on any atom is 0.267 e. The van der Waals surface area contributed by atoms with Gasteiger partial charge in [-0.3, -0.25) is 14.3 Å². The molecule has 0 saturated carbocycles. The molecule has 1 aromatic carbocycles. The van der Waals surface area contributed by atoms with E-state index >= 15 is 0 Å². The average Bonchev–Trinajstić information content (AvgIpc) is 3.13. The van der Waals surface area contributed by atoms with Gasteiger partial charge >= 0.3 is 0 Å². The molecular weight excluding hydrogens is 426 g/mol. The Balaban J connectivity index is 1.83. The highest BCUT2D eigenvalue weighted by Gasteiger charge is 2.26. The quantitative estimate of drug-likeness (QED) is 0.254. The van der Waals surface area contributed by atoms with Crippen LogP contribution in [0.3, 0.4) is 0 Å². The Kier molecular flexibility index (Phi) is 7.04. The highest BCUT2D eigenvalue weighted by atomic mass is 32.2. The Morgan fingerprint density at radius 3 is 2.68 bits per heavy atom. The summed E-state index contributed by atoms with van der Waals surface area (Å²) >= 11 is 3.38. The largest absolute Gasteiger partial charge is 0.494 e. The second kappa shape index (κ2) is 9.76. The Morgan fingerprint density at radius 2 is 2.00 bits per heavy atom. The summed E-state index contributed by atoms with van der Waals surface area (Å²) in [7, 11) is 0. The number of thiophene rings is 1. The van der Waals surface area contributed by atoms with Crippen LogP contribution in [0.5, 0.6) is 5.75 Å². The fraction of sp³-hybridized carbons (Fsp3) is 0.500. The predicted molar refractivity (Wildman–Crippen MR) is 131 cm³/mol. The highest BCUT2D eigenvalue weighted by molar-refractivity contribution is 7.99. The third-order valence-corrected chi connectivity index (χ3v) is 7.87. The Labute approximate surface area is 192 Å². The van der Waals surface area contributed by atoms with Crippen molar-refractivity contribution in [1.29, 1.82) is 0 Å². The number of fused-ring (bicyclic) bond motifs is 3. The van der Waals surface area contributed by atoms with E-state index in [1.807, 2.05) is 31.2 Å². The first-order valence-electron chi connectivity index (χ1n) is 11.2. The molecule has 31 heavy (non-hydrogen) atoms. The number of ether oxygens (including phenoxy) is 1. The fourth-order valence-corrected chi connectivity index (χ4v) is 6.36. The minimum absolute atomic E-state index is 0.0589. The molecule has 5 nitrogen and oxygen atoms in total. The minimum atomic E-state index is 0.0589. The van der Waals surface area contributed by atoms with E-state index in [0.717, 1.165) is 64.9 Å². The zero-order chi connectivity index (χ0) is 22.0. The van der Waals surface area contributed by atoms with Crippen LogP contribution in [-0.2, 0) is 13.0 Å². The third kappa shape index (κ3) is 4.54. The van der Waals surface area contributed by atoms with Gasteiger partial charge in [0.2, 0.25) is 0 Å². The standard InChI is InChI=1S/C24H31N3O2S2/c1-5-7-14-30-24-25-22-21(19-12-13-26(16(3)4)15-20(19)31-22)23(28)27(24)17-8-10-18(11-9-17)29-6-2/h8-11,16H,5-7,12-15H2,1-4H3. The molecule has 4 rings (SSSR count). The molecule has 7 heteroatoms. The molecule has 0 saturated heterocycles. The van der Waals surface area contributed by atoms with E-state index < -0.39 is 0 Å². The third-order valence-electron chi connectivity index (χ3n) is 5.74. The molecule has 0 bridgehead atoms. The lowest BCUT2D eigenvalue weighted by molar-refractivity contribution is 0.206. The van der Waals surface area contributed by atoms with Gasteiger partial charge in [0.05, 0.1) is 17.7 Å². The van der Waals surface area contributed by atoms with Crippen LogP contribution in [0.2, 0.25) is 0 Å². The van der Waals surface area contributed by atoms with Crippen molar-refractivity contribution in [3.05, 3.63) is 45.1 Å². The molecule has 3 heterocycles. The van der Waals surface area contributed by atoms with Crippen molar-refractivity contribution in [2.24, 2.45) is 0 Å². The maximum absolute atomic E-state index is 13.8. The number of benzene rings is 1. The normalized spacial score (nSPS) is 14.4. The van der Waals surface area contributed by atoms with Gasteiger partial charge in [0.15, 0.2) is 5.16 Å². The zero-order valence-electron chi connectivity index (χ0n) is 18.8. The molecule has 0 amide bonds. The minimum Gasteiger partial charge on any atom is -0.494 e. The lowest BCUT2D eigenvalue weighted by Crippen LogP contribution is -2.35. The van der Waals surface area contributed by atoms with Crippen molar-refractivity contribution >= 4 is 33.3 Å². The number of rotatable bonds is 8. The van der Waals surface area contributed by atoms with E-state index in [1.165, 1.54) is 10.4 Å². The lowest BCUT2D eigenvalue weighted by Gasteiger charge is -2.30. The fourth-order valence-electron chi connectivity index (χ4n) is 3.97. The summed E-state index contributed by atoms with van der Waals surface area (Å²) in [4.78, 5) is 23.5. The smallest absolute Gasteiger partial charge is 0.267 e. The van der Waals surface area contributed by atoms with Crippen LogP contribution in [0.15, 0.2) is 34.2 Å². The van der Waals surface area contributed by atoms with Gasteiger partial charge in [0, 0.05) is 29.8 Å². The van der Waals surface area contributed by atoms with Crippen LogP contribution in [0.25, 0.3) is 15.9 Å². The van der Waals surface area contributed by atoms with Crippen LogP contribution in [0, 0.1) is 0 Å². The van der Waals surface area contributed by atoms with E-state index in [2.05, 4.69) is 25.7 Å². The monoisotopic (exact) mass is 457 g/mol. The van der Waals surface area contributed by atoms with Crippen molar-refractivity contribution < 1.29 is 4.74 Å². The van der Waals surface area contributed by atoms with Gasteiger partial charge < -0.3 is 4.74 Å². The number of aromatic nitrogens is 2. The van der Waals surface area contributed by atoms with E-state index in [-0.39, 0.29) is 5.56 Å². The number of nitrogens with zero attached hydrogens (tertiary/aromatic N) is 3. The Morgan fingerprint density at radius 1 is 1.23 bits per heavy atom. The van der Waals surface area contributed by atoms with Crippen molar-refractivity contribution in [2.45, 2.75) is 64.7 Å². The molecule has 0 fully saturated rings. The van der Waals surface area contributed by atoms with E-state index in [1.54, 1.807) is 27.7 Å². The lowest BCUT2D eigenvalue weighted by atomic mass is 10.0. The molecule has 2 aromatic heterocycles. The SMILES string of the molecule is CCCCSc1nc2sc3c(c2c(=O)n1-c1ccc(OCC)cc1)CCN(C(C)C)C3. The summed E-state index contributed by atoms with van der Waals surface area (Å²) in [6.07, 6.45) is 3.14. The summed E-state index contributed by atoms with van der Waals surface area (Å²) in [6, 6.07) is 8.29. The topological polar surface area (TPSA) is 47.4 Å². The highest BCUT2D eigenvalue weighted by Crippen LogP contribution is 2.35. The molecule has 1 aliphatic heterocycles. The van der Waals surface area contributed by atoms with Gasteiger partial charge in [-0.05, 0) is 63.4 Å². The molecule has 0 atom stereocenters. The second-order valence-electron chi connectivity index (χ2n) is 8.16. The van der Waals surface area contributed by atoms with E-state index in [4.69, 9.17) is 9.72 Å². The van der Waals surface area contributed by atoms with Gasteiger partial charge in [-0.2, -0.15) is 0 Å².